The van der Waals surface area contributed by atoms with E-state index < -0.39 is 0 Å². The van der Waals surface area contributed by atoms with E-state index in [1.807, 2.05) is 17.0 Å². The monoisotopic (exact) mass is 262 g/mol. The number of nitrogens with zero attached hydrogens (tertiary/aromatic N) is 2. The Hall–Kier alpha value is -1.58. The molecule has 104 valence electrons. The zero-order valence-electron chi connectivity index (χ0n) is 11.5. The maximum absolute atomic E-state index is 12.0. The van der Waals surface area contributed by atoms with Gasteiger partial charge >= 0.3 is 0 Å². The highest BCUT2D eigenvalue weighted by Crippen LogP contribution is 2.18. The number of amides is 1. The van der Waals surface area contributed by atoms with Gasteiger partial charge in [0.2, 0.25) is 5.91 Å². The minimum atomic E-state index is 0.113. The minimum Gasteiger partial charge on any atom is -0.488 e. The summed E-state index contributed by atoms with van der Waals surface area (Å²) >= 11 is 0. The molecule has 0 aliphatic carbocycles. The van der Waals surface area contributed by atoms with Gasteiger partial charge in [-0.3, -0.25) is 9.78 Å². The Morgan fingerprint density at radius 3 is 3.00 bits per heavy atom. The molecule has 2 heterocycles. The second kappa shape index (κ2) is 7.12. The van der Waals surface area contributed by atoms with Gasteiger partial charge in [-0.25, -0.2) is 0 Å². The van der Waals surface area contributed by atoms with Crippen LogP contribution in [0.5, 0.6) is 5.75 Å². The van der Waals surface area contributed by atoms with Crippen LogP contribution in [0.4, 0.5) is 0 Å². The summed E-state index contributed by atoms with van der Waals surface area (Å²) in [5.41, 5.74) is 0. The molecule has 1 aromatic rings. The summed E-state index contributed by atoms with van der Waals surface area (Å²) in [5, 5.41) is 0. The van der Waals surface area contributed by atoms with Gasteiger partial charge in [-0.2, -0.15) is 0 Å². The van der Waals surface area contributed by atoms with Crippen LogP contribution in [0.25, 0.3) is 0 Å². The minimum absolute atomic E-state index is 0.113. The lowest BCUT2D eigenvalue weighted by Crippen LogP contribution is -2.44. The quantitative estimate of drug-likeness (QED) is 0.819. The third-order valence-electron chi connectivity index (χ3n) is 3.43. The Morgan fingerprint density at radius 2 is 2.26 bits per heavy atom. The van der Waals surface area contributed by atoms with Crippen LogP contribution in [-0.2, 0) is 4.79 Å². The molecule has 1 saturated heterocycles. The van der Waals surface area contributed by atoms with Gasteiger partial charge in [-0.15, -0.1) is 0 Å². The van der Waals surface area contributed by atoms with Gasteiger partial charge in [0.1, 0.15) is 11.9 Å². The second-order valence-corrected chi connectivity index (χ2v) is 5.01. The largest absolute Gasteiger partial charge is 0.488 e. The van der Waals surface area contributed by atoms with E-state index in [0.29, 0.717) is 13.0 Å². The highest BCUT2D eigenvalue weighted by Gasteiger charge is 2.24. The topological polar surface area (TPSA) is 42.4 Å². The van der Waals surface area contributed by atoms with Crippen molar-refractivity contribution in [1.82, 2.24) is 9.88 Å². The zero-order chi connectivity index (χ0) is 13.5. The number of carbonyl (C=O) groups is 1. The normalized spacial score (nSPS) is 19.2. The number of hydrogen-bond donors (Lipinski definition) is 0. The molecule has 0 unspecified atom stereocenters. The first-order chi connectivity index (χ1) is 9.29. The fourth-order valence-electron chi connectivity index (χ4n) is 2.36. The SMILES string of the molecule is CCCCC(=O)N1CCC[C@@H](Oc2ccncc2)C1. The van der Waals surface area contributed by atoms with E-state index in [9.17, 15) is 4.79 Å². The molecule has 2 rings (SSSR count). The van der Waals surface area contributed by atoms with E-state index in [-0.39, 0.29) is 12.0 Å². The zero-order valence-corrected chi connectivity index (χ0v) is 11.5. The molecule has 1 aliphatic rings. The molecule has 19 heavy (non-hydrogen) atoms. The van der Waals surface area contributed by atoms with Crippen LogP contribution >= 0.6 is 0 Å². The highest BCUT2D eigenvalue weighted by molar-refractivity contribution is 5.76. The molecule has 0 saturated carbocycles. The summed E-state index contributed by atoms with van der Waals surface area (Å²) in [6, 6.07) is 3.72. The van der Waals surface area contributed by atoms with Crippen molar-refractivity contribution in [1.29, 1.82) is 0 Å². The lowest BCUT2D eigenvalue weighted by atomic mass is 10.1. The van der Waals surface area contributed by atoms with Crippen molar-refractivity contribution in [3.8, 4) is 5.75 Å². The van der Waals surface area contributed by atoms with Crippen molar-refractivity contribution in [3.05, 3.63) is 24.5 Å². The van der Waals surface area contributed by atoms with Crippen molar-refractivity contribution in [2.75, 3.05) is 13.1 Å². The van der Waals surface area contributed by atoms with Crippen LogP contribution in [0, 0.1) is 0 Å². The van der Waals surface area contributed by atoms with Gasteiger partial charge in [-0.05, 0) is 31.4 Å². The summed E-state index contributed by atoms with van der Waals surface area (Å²) in [7, 11) is 0. The molecule has 1 aliphatic heterocycles. The molecule has 0 aromatic carbocycles. The predicted molar refractivity (Wildman–Crippen MR) is 74.0 cm³/mol. The van der Waals surface area contributed by atoms with Gasteiger partial charge in [0.05, 0.1) is 6.54 Å². The van der Waals surface area contributed by atoms with Crippen LogP contribution in [0.1, 0.15) is 39.0 Å². The van der Waals surface area contributed by atoms with Gasteiger partial charge in [-0.1, -0.05) is 13.3 Å². The van der Waals surface area contributed by atoms with Crippen LogP contribution in [0.15, 0.2) is 24.5 Å². The van der Waals surface area contributed by atoms with Crippen molar-refractivity contribution in [2.45, 2.75) is 45.1 Å². The summed E-state index contributed by atoms with van der Waals surface area (Å²) < 4.78 is 5.91. The molecule has 0 spiro atoms. The molecule has 1 aromatic heterocycles. The average Bonchev–Trinajstić information content (AvgIpc) is 2.46. The lowest BCUT2D eigenvalue weighted by molar-refractivity contribution is -0.133. The van der Waals surface area contributed by atoms with Gasteiger partial charge in [0.25, 0.3) is 0 Å². The number of rotatable bonds is 5. The summed E-state index contributed by atoms with van der Waals surface area (Å²) in [6.07, 6.45) is 8.31. The molecule has 1 fully saturated rings. The summed E-state index contributed by atoms with van der Waals surface area (Å²) in [6.45, 7) is 3.70. The van der Waals surface area contributed by atoms with Crippen LogP contribution < -0.4 is 4.74 Å². The molecule has 0 bridgehead atoms. The van der Waals surface area contributed by atoms with Crippen LogP contribution in [0.2, 0.25) is 0 Å². The van der Waals surface area contributed by atoms with Crippen molar-refractivity contribution < 1.29 is 9.53 Å². The number of piperidine rings is 1. The smallest absolute Gasteiger partial charge is 0.222 e. The number of pyridine rings is 1. The summed E-state index contributed by atoms with van der Waals surface area (Å²) in [4.78, 5) is 17.9. The maximum atomic E-state index is 12.0. The third-order valence-corrected chi connectivity index (χ3v) is 3.43. The standard InChI is InChI=1S/C15H22N2O2/c1-2-3-6-15(18)17-11-4-5-14(12-17)19-13-7-9-16-10-8-13/h7-10,14H,2-6,11-12H2,1H3/t14-/m1/s1. The van der Waals surface area contributed by atoms with Gasteiger partial charge in [0, 0.05) is 25.4 Å². The number of aromatic nitrogens is 1. The van der Waals surface area contributed by atoms with Gasteiger partial charge in [0.15, 0.2) is 0 Å². The number of hydrogen-bond acceptors (Lipinski definition) is 3. The summed E-state index contributed by atoms with van der Waals surface area (Å²) in [5.74, 6) is 1.10. The Labute approximate surface area is 114 Å². The van der Waals surface area contributed by atoms with Gasteiger partial charge < -0.3 is 9.64 Å². The molecule has 0 radical (unpaired) electrons. The van der Waals surface area contributed by atoms with Crippen LogP contribution in [-0.4, -0.2) is 35.0 Å². The van der Waals surface area contributed by atoms with E-state index in [0.717, 1.165) is 38.0 Å². The molecule has 1 atom stereocenters. The highest BCUT2D eigenvalue weighted by atomic mass is 16.5. The number of unbranched alkanes of at least 4 members (excludes halogenated alkanes) is 1. The third kappa shape index (κ3) is 4.23. The Morgan fingerprint density at radius 1 is 1.47 bits per heavy atom. The maximum Gasteiger partial charge on any atom is 0.222 e. The van der Waals surface area contributed by atoms with E-state index in [1.165, 1.54) is 0 Å². The van der Waals surface area contributed by atoms with Crippen molar-refractivity contribution in [2.24, 2.45) is 0 Å². The molecule has 4 nitrogen and oxygen atoms in total. The van der Waals surface area contributed by atoms with Crippen molar-refractivity contribution >= 4 is 5.91 Å². The Kier molecular flexibility index (Phi) is 5.19. The van der Waals surface area contributed by atoms with Crippen molar-refractivity contribution in [3.63, 3.8) is 0 Å². The first-order valence-electron chi connectivity index (χ1n) is 7.14. The number of ether oxygens (including phenoxy) is 1. The Bertz CT molecular complexity index is 394. The molecule has 4 heteroatoms. The molecular formula is C15H22N2O2. The number of likely N-dealkylation sites (tertiary alicyclic amines) is 1. The second-order valence-electron chi connectivity index (χ2n) is 5.01. The fourth-order valence-corrected chi connectivity index (χ4v) is 2.36. The van der Waals surface area contributed by atoms with Crippen LogP contribution in [0.3, 0.4) is 0 Å². The predicted octanol–water partition coefficient (Wildman–Crippen LogP) is 2.64. The van der Waals surface area contributed by atoms with E-state index >= 15 is 0 Å². The van der Waals surface area contributed by atoms with E-state index in [2.05, 4.69) is 11.9 Å². The fraction of sp³-hybridized carbons (Fsp3) is 0.600. The van der Waals surface area contributed by atoms with E-state index in [4.69, 9.17) is 4.74 Å². The molecule has 0 N–H and O–H groups in total. The van der Waals surface area contributed by atoms with E-state index in [1.54, 1.807) is 12.4 Å². The lowest BCUT2D eigenvalue weighted by Gasteiger charge is -2.33. The first-order valence-corrected chi connectivity index (χ1v) is 7.14. The number of carbonyl (C=O) groups excluding carboxylic acids is 1. The first kappa shape index (κ1) is 13.8. The molecule has 1 amide bonds. The average molecular weight is 262 g/mol. The molecular weight excluding hydrogens is 240 g/mol. The Balaban J connectivity index is 1.85.